The maximum atomic E-state index is 13.0. The summed E-state index contributed by atoms with van der Waals surface area (Å²) < 4.78 is 18.9. The molecule has 88 valence electrons. The highest BCUT2D eigenvalue weighted by atomic mass is 79.9. The fourth-order valence-electron chi connectivity index (χ4n) is 1.36. The minimum Gasteiger partial charge on any atom is -0.505 e. The van der Waals surface area contributed by atoms with Gasteiger partial charge in [0.25, 0.3) is 0 Å². The number of hydrogen-bond donors (Lipinski definition) is 1. The molecule has 0 aliphatic carbocycles. The van der Waals surface area contributed by atoms with Gasteiger partial charge in [-0.05, 0) is 27.6 Å². The Balaban J connectivity index is 2.12. The van der Waals surface area contributed by atoms with Crippen molar-refractivity contribution in [3.63, 3.8) is 0 Å². The highest BCUT2D eigenvalue weighted by Crippen LogP contribution is 2.31. The minimum atomic E-state index is -0.677. The van der Waals surface area contributed by atoms with E-state index in [1.165, 1.54) is 12.1 Å². The van der Waals surface area contributed by atoms with Crippen LogP contribution in [0.1, 0.15) is 5.56 Å². The van der Waals surface area contributed by atoms with Crippen LogP contribution >= 0.6 is 15.9 Å². The molecule has 0 radical (unpaired) electrons. The van der Waals surface area contributed by atoms with Crippen LogP contribution in [0.3, 0.4) is 0 Å². The van der Waals surface area contributed by atoms with Gasteiger partial charge in [0.1, 0.15) is 12.4 Å². The summed E-state index contributed by atoms with van der Waals surface area (Å²) in [6.45, 7) is 0.366. The predicted molar refractivity (Wildman–Crippen MR) is 66.5 cm³/mol. The molecule has 0 saturated carbocycles. The van der Waals surface area contributed by atoms with E-state index in [2.05, 4.69) is 15.9 Å². The lowest BCUT2D eigenvalue weighted by Gasteiger charge is -2.09. The molecule has 0 aromatic heterocycles. The fourth-order valence-corrected chi connectivity index (χ4v) is 1.79. The third-order valence-electron chi connectivity index (χ3n) is 2.24. The molecule has 0 aliphatic heterocycles. The Morgan fingerprint density at radius 2 is 1.88 bits per heavy atom. The Hall–Kier alpha value is -1.55. The summed E-state index contributed by atoms with van der Waals surface area (Å²) in [5.74, 6) is -0.687. The molecule has 0 spiro atoms. The van der Waals surface area contributed by atoms with E-state index in [1.54, 1.807) is 0 Å². The van der Waals surface area contributed by atoms with Gasteiger partial charge in [-0.15, -0.1) is 0 Å². The second kappa shape index (κ2) is 5.19. The highest BCUT2D eigenvalue weighted by Gasteiger charge is 2.08. The number of hydrogen-bond acceptors (Lipinski definition) is 2. The Kier molecular flexibility index (Phi) is 3.64. The van der Waals surface area contributed by atoms with Crippen molar-refractivity contribution in [3.05, 3.63) is 58.3 Å². The largest absolute Gasteiger partial charge is 0.505 e. The van der Waals surface area contributed by atoms with Crippen molar-refractivity contribution in [1.82, 2.24) is 0 Å². The fraction of sp³-hybridized carbons (Fsp3) is 0.0769. The standard InChI is InChI=1S/C13H10BrFO2/c14-10-6-11(15)12(16)7-13(10)17-8-9-4-2-1-3-5-9/h1-7,16H,8H2. The lowest BCUT2D eigenvalue weighted by Crippen LogP contribution is -1.96. The van der Waals surface area contributed by atoms with Crippen LogP contribution in [0.15, 0.2) is 46.9 Å². The van der Waals surface area contributed by atoms with Crippen molar-refractivity contribution in [2.75, 3.05) is 0 Å². The second-order valence-electron chi connectivity index (χ2n) is 3.51. The molecule has 4 heteroatoms. The average molecular weight is 297 g/mol. The van der Waals surface area contributed by atoms with Gasteiger partial charge in [-0.25, -0.2) is 4.39 Å². The predicted octanol–water partition coefficient (Wildman–Crippen LogP) is 3.87. The van der Waals surface area contributed by atoms with Crippen LogP contribution in [0.5, 0.6) is 11.5 Å². The normalized spacial score (nSPS) is 10.2. The van der Waals surface area contributed by atoms with Crippen molar-refractivity contribution in [3.8, 4) is 11.5 Å². The molecule has 0 saturated heterocycles. The highest BCUT2D eigenvalue weighted by molar-refractivity contribution is 9.10. The molecule has 0 amide bonds. The number of ether oxygens (including phenoxy) is 1. The zero-order valence-electron chi connectivity index (χ0n) is 8.86. The molecule has 2 rings (SSSR count). The summed E-state index contributed by atoms with van der Waals surface area (Å²) in [5.41, 5.74) is 1.00. The van der Waals surface area contributed by atoms with Crippen LogP contribution in [0, 0.1) is 5.82 Å². The van der Waals surface area contributed by atoms with Crippen LogP contribution in [0.25, 0.3) is 0 Å². The summed E-state index contributed by atoms with van der Waals surface area (Å²) >= 11 is 3.18. The monoisotopic (exact) mass is 296 g/mol. The molecule has 0 atom stereocenters. The number of benzene rings is 2. The van der Waals surface area contributed by atoms with Crippen molar-refractivity contribution in [2.24, 2.45) is 0 Å². The first-order chi connectivity index (χ1) is 8.16. The van der Waals surface area contributed by atoms with Crippen LogP contribution in [0.4, 0.5) is 4.39 Å². The van der Waals surface area contributed by atoms with E-state index in [4.69, 9.17) is 4.74 Å². The summed E-state index contributed by atoms with van der Waals surface area (Å²) in [5, 5.41) is 9.25. The Bertz CT molecular complexity index is 514. The molecule has 0 fully saturated rings. The van der Waals surface area contributed by atoms with Gasteiger partial charge in [0.15, 0.2) is 11.6 Å². The van der Waals surface area contributed by atoms with Crippen molar-refractivity contribution >= 4 is 15.9 Å². The van der Waals surface area contributed by atoms with Gasteiger partial charge in [-0.3, -0.25) is 0 Å². The summed E-state index contributed by atoms with van der Waals surface area (Å²) in [7, 11) is 0. The van der Waals surface area contributed by atoms with Gasteiger partial charge < -0.3 is 9.84 Å². The minimum absolute atomic E-state index is 0.366. The molecule has 1 N–H and O–H groups in total. The van der Waals surface area contributed by atoms with Gasteiger partial charge in [0.2, 0.25) is 0 Å². The third kappa shape index (κ3) is 2.97. The zero-order valence-corrected chi connectivity index (χ0v) is 10.4. The van der Waals surface area contributed by atoms with Crippen LogP contribution in [0.2, 0.25) is 0 Å². The topological polar surface area (TPSA) is 29.5 Å². The van der Waals surface area contributed by atoms with Gasteiger partial charge in [0.05, 0.1) is 4.47 Å². The van der Waals surface area contributed by atoms with Crippen LogP contribution in [-0.2, 0) is 6.61 Å². The Morgan fingerprint density at radius 3 is 2.59 bits per heavy atom. The SMILES string of the molecule is Oc1cc(OCc2ccccc2)c(Br)cc1F. The Morgan fingerprint density at radius 1 is 1.18 bits per heavy atom. The average Bonchev–Trinajstić information content (AvgIpc) is 2.33. The molecular weight excluding hydrogens is 287 g/mol. The second-order valence-corrected chi connectivity index (χ2v) is 4.36. The first-order valence-corrected chi connectivity index (χ1v) is 5.81. The number of phenolic OH excluding ortho intramolecular Hbond substituents is 1. The van der Waals surface area contributed by atoms with Crippen molar-refractivity contribution in [2.45, 2.75) is 6.61 Å². The van der Waals surface area contributed by atoms with E-state index in [1.807, 2.05) is 30.3 Å². The smallest absolute Gasteiger partial charge is 0.166 e. The van der Waals surface area contributed by atoms with Crippen molar-refractivity contribution in [1.29, 1.82) is 0 Å². The maximum Gasteiger partial charge on any atom is 0.166 e. The number of aromatic hydroxyl groups is 1. The zero-order chi connectivity index (χ0) is 12.3. The summed E-state index contributed by atoms with van der Waals surface area (Å²) in [6, 6.07) is 12.0. The molecule has 17 heavy (non-hydrogen) atoms. The molecule has 2 aromatic rings. The molecule has 2 nitrogen and oxygen atoms in total. The molecule has 0 bridgehead atoms. The van der Waals surface area contributed by atoms with E-state index in [-0.39, 0.29) is 0 Å². The van der Waals surface area contributed by atoms with Gasteiger partial charge in [-0.2, -0.15) is 0 Å². The first-order valence-electron chi connectivity index (χ1n) is 5.01. The van der Waals surface area contributed by atoms with Gasteiger partial charge in [-0.1, -0.05) is 30.3 Å². The number of rotatable bonds is 3. The lowest BCUT2D eigenvalue weighted by atomic mass is 10.2. The lowest BCUT2D eigenvalue weighted by molar-refractivity contribution is 0.301. The molecule has 0 heterocycles. The third-order valence-corrected chi connectivity index (χ3v) is 2.86. The van der Waals surface area contributed by atoms with E-state index in [0.29, 0.717) is 16.8 Å². The summed E-state index contributed by atoms with van der Waals surface area (Å²) in [6.07, 6.45) is 0. The van der Waals surface area contributed by atoms with E-state index in [0.717, 1.165) is 5.56 Å². The van der Waals surface area contributed by atoms with Crippen LogP contribution < -0.4 is 4.74 Å². The molecule has 0 unspecified atom stereocenters. The maximum absolute atomic E-state index is 13.0. The number of phenols is 1. The van der Waals surface area contributed by atoms with Gasteiger partial charge in [0, 0.05) is 6.07 Å². The van der Waals surface area contributed by atoms with Crippen LogP contribution in [-0.4, -0.2) is 5.11 Å². The van der Waals surface area contributed by atoms with E-state index < -0.39 is 11.6 Å². The molecule has 0 aliphatic rings. The van der Waals surface area contributed by atoms with E-state index >= 15 is 0 Å². The molecule has 2 aromatic carbocycles. The number of halogens is 2. The van der Waals surface area contributed by atoms with Crippen molar-refractivity contribution < 1.29 is 14.2 Å². The van der Waals surface area contributed by atoms with Gasteiger partial charge >= 0.3 is 0 Å². The first kappa shape index (κ1) is 11.9. The Labute approximate surface area is 107 Å². The summed E-state index contributed by atoms with van der Waals surface area (Å²) in [4.78, 5) is 0. The van der Waals surface area contributed by atoms with E-state index in [9.17, 15) is 9.50 Å². The quantitative estimate of drug-likeness (QED) is 0.931. The molecular formula is C13H10BrFO2.